The van der Waals surface area contributed by atoms with Crippen LogP contribution in [0.4, 0.5) is 5.82 Å². The Kier molecular flexibility index (Phi) is 5.10. The molecule has 3 aromatic rings. The molecule has 8 heteroatoms. The topological polar surface area (TPSA) is 90.3 Å². The molecule has 0 fully saturated rings. The molecule has 1 aromatic heterocycles. The number of benzene rings is 2. The number of hydrogen-bond acceptors (Lipinski definition) is 5. The minimum absolute atomic E-state index is 0.100. The van der Waals surface area contributed by atoms with Crippen molar-refractivity contribution in [2.45, 2.75) is 24.3 Å². The Bertz CT molecular complexity index is 1140. The number of hydrogen-bond donors (Lipinski definition) is 1. The van der Waals surface area contributed by atoms with Crippen molar-refractivity contribution in [3.63, 3.8) is 0 Å². The van der Waals surface area contributed by atoms with Crippen LogP contribution in [0.15, 0.2) is 54.6 Å². The van der Waals surface area contributed by atoms with Crippen LogP contribution in [0.3, 0.4) is 0 Å². The Morgan fingerprint density at radius 3 is 2.52 bits per heavy atom. The summed E-state index contributed by atoms with van der Waals surface area (Å²) < 4.78 is 30.8. The quantitative estimate of drug-likeness (QED) is 0.674. The molecule has 1 amide bonds. The van der Waals surface area contributed by atoms with E-state index in [1.54, 1.807) is 11.8 Å². The monoisotopic (exact) mass is 411 g/mol. The molecule has 29 heavy (non-hydrogen) atoms. The van der Waals surface area contributed by atoms with Gasteiger partial charge in [0.15, 0.2) is 9.84 Å². The number of carbonyl (C=O) groups excluding carboxylic acids is 1. The van der Waals surface area contributed by atoms with Crippen molar-refractivity contribution in [1.82, 2.24) is 9.78 Å². The summed E-state index contributed by atoms with van der Waals surface area (Å²) in [5.41, 5.74) is 2.86. The average Bonchev–Trinajstić information content (AvgIpc) is 3.20. The lowest BCUT2D eigenvalue weighted by Gasteiger charge is -2.11. The minimum atomic E-state index is -3.22. The van der Waals surface area contributed by atoms with E-state index in [1.165, 1.54) is 0 Å². The highest BCUT2D eigenvalue weighted by atomic mass is 32.2. The van der Waals surface area contributed by atoms with Crippen molar-refractivity contribution in [1.29, 1.82) is 0 Å². The van der Waals surface area contributed by atoms with Gasteiger partial charge in [-0.2, -0.15) is 5.10 Å². The van der Waals surface area contributed by atoms with Crippen LogP contribution in [0, 0.1) is 0 Å². The molecule has 2 heterocycles. The lowest BCUT2D eigenvalue weighted by Crippen LogP contribution is -2.17. The zero-order valence-corrected chi connectivity index (χ0v) is 16.8. The second kappa shape index (κ2) is 7.71. The van der Waals surface area contributed by atoms with Crippen LogP contribution < -0.4 is 10.1 Å². The lowest BCUT2D eigenvalue weighted by atomic mass is 10.1. The molecule has 1 aliphatic heterocycles. The van der Waals surface area contributed by atoms with Crippen molar-refractivity contribution in [2.75, 3.05) is 12.4 Å². The van der Waals surface area contributed by atoms with Crippen LogP contribution in [0.5, 0.6) is 5.75 Å². The van der Waals surface area contributed by atoms with Gasteiger partial charge in [0, 0.05) is 12.0 Å². The van der Waals surface area contributed by atoms with Crippen molar-refractivity contribution in [3.8, 4) is 11.4 Å². The zero-order chi connectivity index (χ0) is 20.4. The normalized spacial score (nSPS) is 14.4. The number of carbonyl (C=O) groups is 1. The van der Waals surface area contributed by atoms with Crippen LogP contribution >= 0.6 is 0 Å². The number of anilines is 1. The standard InChI is InChI=1S/C21H21N3O4S/c1-28-17-10-7-15(8-11-17)9-12-20(25)22-21-18-13-29(26,27)14-19(18)23-24(21)16-5-3-2-4-6-16/h2-8,10-11H,9,12-14H2,1H3,(H,22,25). The van der Waals surface area contributed by atoms with Crippen molar-refractivity contribution >= 4 is 21.6 Å². The first-order chi connectivity index (χ1) is 13.9. The number of rotatable bonds is 6. The Morgan fingerprint density at radius 2 is 1.83 bits per heavy atom. The first kappa shape index (κ1) is 19.2. The van der Waals surface area contributed by atoms with Gasteiger partial charge in [0.25, 0.3) is 0 Å². The maximum atomic E-state index is 12.6. The molecule has 150 valence electrons. The summed E-state index contributed by atoms with van der Waals surface area (Å²) in [5.74, 6) is 0.805. The van der Waals surface area contributed by atoms with Gasteiger partial charge in [-0.05, 0) is 36.2 Å². The highest BCUT2D eigenvalue weighted by Crippen LogP contribution is 2.33. The molecule has 0 atom stereocenters. The number of methoxy groups -OCH3 is 1. The summed E-state index contributed by atoms with van der Waals surface area (Å²) >= 11 is 0. The van der Waals surface area contributed by atoms with Crippen LogP contribution in [-0.4, -0.2) is 31.2 Å². The summed E-state index contributed by atoms with van der Waals surface area (Å²) in [7, 11) is -1.61. The average molecular weight is 411 g/mol. The highest BCUT2D eigenvalue weighted by molar-refractivity contribution is 7.90. The van der Waals surface area contributed by atoms with Gasteiger partial charge < -0.3 is 10.1 Å². The van der Waals surface area contributed by atoms with Gasteiger partial charge in [-0.3, -0.25) is 4.79 Å². The summed E-state index contributed by atoms with van der Waals surface area (Å²) in [6.45, 7) is 0. The van der Waals surface area contributed by atoms with E-state index in [4.69, 9.17) is 4.74 Å². The van der Waals surface area contributed by atoms with E-state index in [2.05, 4.69) is 10.4 Å². The molecule has 0 radical (unpaired) electrons. The van der Waals surface area contributed by atoms with Gasteiger partial charge in [-0.25, -0.2) is 13.1 Å². The molecule has 0 saturated carbocycles. The predicted octanol–water partition coefficient (Wildman–Crippen LogP) is 2.88. The Hall–Kier alpha value is -3.13. The van der Waals surface area contributed by atoms with Gasteiger partial charge in [0.2, 0.25) is 5.91 Å². The third-order valence-corrected chi connectivity index (χ3v) is 6.29. The van der Waals surface area contributed by atoms with Gasteiger partial charge in [0.1, 0.15) is 11.6 Å². The molecule has 0 spiro atoms. The van der Waals surface area contributed by atoms with E-state index in [1.807, 2.05) is 54.6 Å². The Balaban J connectivity index is 1.54. The first-order valence-corrected chi connectivity index (χ1v) is 11.1. The van der Waals surface area contributed by atoms with E-state index in [0.717, 1.165) is 17.0 Å². The molecule has 0 unspecified atom stereocenters. The predicted molar refractivity (Wildman–Crippen MR) is 110 cm³/mol. The minimum Gasteiger partial charge on any atom is -0.497 e. The third-order valence-electron chi connectivity index (χ3n) is 4.85. The van der Waals surface area contributed by atoms with Crippen molar-refractivity contribution in [2.24, 2.45) is 0 Å². The summed E-state index contributed by atoms with van der Waals surface area (Å²) in [6, 6.07) is 16.9. The number of amides is 1. The summed E-state index contributed by atoms with van der Waals surface area (Å²) in [6.07, 6.45) is 0.837. The molecular weight excluding hydrogens is 390 g/mol. The number of sulfone groups is 1. The Morgan fingerprint density at radius 1 is 1.10 bits per heavy atom. The molecule has 4 rings (SSSR count). The fourth-order valence-electron chi connectivity index (χ4n) is 3.37. The fourth-order valence-corrected chi connectivity index (χ4v) is 4.87. The molecule has 0 saturated heterocycles. The SMILES string of the molecule is COc1ccc(CCC(=O)Nc2c3c(nn2-c2ccccc2)CS(=O)(=O)C3)cc1. The smallest absolute Gasteiger partial charge is 0.225 e. The molecule has 7 nitrogen and oxygen atoms in total. The molecule has 0 aliphatic carbocycles. The van der Waals surface area contributed by atoms with E-state index in [-0.39, 0.29) is 23.8 Å². The number of nitrogens with one attached hydrogen (secondary N) is 1. The van der Waals surface area contributed by atoms with Crippen LogP contribution in [0.1, 0.15) is 23.2 Å². The summed E-state index contributed by atoms with van der Waals surface area (Å²) in [5, 5.41) is 7.35. The van der Waals surface area contributed by atoms with Crippen LogP contribution in [0.25, 0.3) is 5.69 Å². The van der Waals surface area contributed by atoms with Gasteiger partial charge in [-0.1, -0.05) is 30.3 Å². The number of para-hydroxylation sites is 1. The second-order valence-electron chi connectivity index (χ2n) is 6.95. The fraction of sp³-hybridized carbons (Fsp3) is 0.238. The number of nitrogens with zero attached hydrogens (tertiary/aromatic N) is 2. The number of aryl methyl sites for hydroxylation is 1. The van der Waals surface area contributed by atoms with Crippen molar-refractivity contribution in [3.05, 3.63) is 71.4 Å². The van der Waals surface area contributed by atoms with Crippen molar-refractivity contribution < 1.29 is 17.9 Å². The zero-order valence-electron chi connectivity index (χ0n) is 16.0. The van der Waals surface area contributed by atoms with Crippen LogP contribution in [0.2, 0.25) is 0 Å². The molecule has 1 aliphatic rings. The van der Waals surface area contributed by atoms with E-state index in [9.17, 15) is 13.2 Å². The van der Waals surface area contributed by atoms with E-state index >= 15 is 0 Å². The van der Waals surface area contributed by atoms with Crippen LogP contribution in [-0.2, 0) is 32.6 Å². The molecule has 0 bridgehead atoms. The molecule has 2 aromatic carbocycles. The number of fused-ring (bicyclic) bond motifs is 1. The number of aromatic nitrogens is 2. The Labute approximate surface area is 169 Å². The first-order valence-electron chi connectivity index (χ1n) is 9.24. The summed E-state index contributed by atoms with van der Waals surface area (Å²) in [4.78, 5) is 12.6. The van der Waals surface area contributed by atoms with E-state index < -0.39 is 9.84 Å². The maximum Gasteiger partial charge on any atom is 0.225 e. The van der Waals surface area contributed by atoms with E-state index in [0.29, 0.717) is 23.5 Å². The van der Waals surface area contributed by atoms with Gasteiger partial charge in [-0.15, -0.1) is 0 Å². The second-order valence-corrected chi connectivity index (χ2v) is 9.01. The molecular formula is C21H21N3O4S. The number of ether oxygens (including phenoxy) is 1. The maximum absolute atomic E-state index is 12.6. The largest absolute Gasteiger partial charge is 0.497 e. The highest BCUT2D eigenvalue weighted by Gasteiger charge is 2.33. The van der Waals surface area contributed by atoms with Gasteiger partial charge in [0.05, 0.1) is 30.0 Å². The van der Waals surface area contributed by atoms with Gasteiger partial charge >= 0.3 is 0 Å². The third kappa shape index (κ3) is 4.17. The lowest BCUT2D eigenvalue weighted by molar-refractivity contribution is -0.116. The molecule has 1 N–H and O–H groups in total.